The Labute approximate surface area is 120 Å². The van der Waals surface area contributed by atoms with Gasteiger partial charge in [0.1, 0.15) is 0 Å². The van der Waals surface area contributed by atoms with E-state index in [-0.39, 0.29) is 0 Å². The van der Waals surface area contributed by atoms with E-state index in [4.69, 9.17) is 16.3 Å². The van der Waals surface area contributed by atoms with Crippen molar-refractivity contribution in [2.24, 2.45) is 0 Å². The lowest BCUT2D eigenvalue weighted by molar-refractivity contribution is 0.0546. The highest BCUT2D eigenvalue weighted by molar-refractivity contribution is 6.32. The van der Waals surface area contributed by atoms with Gasteiger partial charge < -0.3 is 14.5 Å². The van der Waals surface area contributed by atoms with Crippen LogP contribution in [0.3, 0.4) is 0 Å². The summed E-state index contributed by atoms with van der Waals surface area (Å²) in [5, 5.41) is 0.699. The molecule has 3 nitrogen and oxygen atoms in total. The van der Waals surface area contributed by atoms with Crippen LogP contribution in [0.5, 0.6) is 0 Å². The molecule has 4 heteroatoms. The van der Waals surface area contributed by atoms with Crippen molar-refractivity contribution in [1.82, 2.24) is 9.80 Å². The van der Waals surface area contributed by atoms with Crippen LogP contribution in [-0.2, 0) is 4.74 Å². The zero-order chi connectivity index (χ0) is 14.0. The normalized spacial score (nSPS) is 20.1. The van der Waals surface area contributed by atoms with Gasteiger partial charge in [0.25, 0.3) is 0 Å². The Morgan fingerprint density at radius 3 is 2.47 bits per heavy atom. The smallest absolute Gasteiger partial charge is 0.0661 e. The van der Waals surface area contributed by atoms with E-state index in [0.29, 0.717) is 5.03 Å². The average Bonchev–Trinajstić information content (AvgIpc) is 2.41. The molecule has 0 saturated carbocycles. The molecule has 0 N–H and O–H groups in total. The minimum absolute atomic E-state index is 0.699. The minimum Gasteiger partial charge on any atom is -0.378 e. The molecule has 0 radical (unpaired) electrons. The minimum atomic E-state index is 0.699. The monoisotopic (exact) mass is 280 g/mol. The molecule has 2 aliphatic rings. The van der Waals surface area contributed by atoms with Crippen LogP contribution in [0, 0.1) is 0 Å². The molecule has 19 heavy (non-hydrogen) atoms. The molecule has 0 aromatic rings. The third kappa shape index (κ3) is 3.04. The van der Waals surface area contributed by atoms with E-state index in [1.807, 2.05) is 6.08 Å². The van der Waals surface area contributed by atoms with Crippen molar-refractivity contribution in [3.63, 3.8) is 0 Å². The fraction of sp³-hybridized carbons (Fsp3) is 0.467. The molecule has 0 aromatic carbocycles. The SMILES string of the molecule is C=C1C(Cl)=CC(N2CCOCC2)=CN1C(C)=C(C)C. The molecule has 2 aliphatic heterocycles. The lowest BCUT2D eigenvalue weighted by Crippen LogP contribution is -2.36. The van der Waals surface area contributed by atoms with E-state index in [1.54, 1.807) is 0 Å². The molecule has 0 aliphatic carbocycles. The van der Waals surface area contributed by atoms with Gasteiger partial charge in [-0.2, -0.15) is 0 Å². The van der Waals surface area contributed by atoms with Gasteiger partial charge >= 0.3 is 0 Å². The first-order chi connectivity index (χ1) is 9.00. The quantitative estimate of drug-likeness (QED) is 0.771. The maximum atomic E-state index is 6.32. The van der Waals surface area contributed by atoms with Crippen LogP contribution in [0.2, 0.25) is 0 Å². The number of nitrogens with zero attached hydrogens (tertiary/aromatic N) is 2. The van der Waals surface area contributed by atoms with Gasteiger partial charge in [-0.3, -0.25) is 0 Å². The molecule has 0 amide bonds. The zero-order valence-corrected chi connectivity index (χ0v) is 12.6. The number of halogens is 1. The van der Waals surface area contributed by atoms with Gasteiger partial charge in [-0.1, -0.05) is 23.8 Å². The predicted octanol–water partition coefficient (Wildman–Crippen LogP) is 3.43. The van der Waals surface area contributed by atoms with E-state index >= 15 is 0 Å². The van der Waals surface area contributed by atoms with E-state index in [0.717, 1.165) is 37.7 Å². The molecule has 0 bridgehead atoms. The van der Waals surface area contributed by atoms with Crippen LogP contribution >= 0.6 is 11.6 Å². The van der Waals surface area contributed by atoms with Gasteiger partial charge in [0.15, 0.2) is 0 Å². The zero-order valence-electron chi connectivity index (χ0n) is 11.9. The summed E-state index contributed by atoms with van der Waals surface area (Å²) in [4.78, 5) is 4.37. The van der Waals surface area contributed by atoms with Crippen molar-refractivity contribution in [1.29, 1.82) is 0 Å². The topological polar surface area (TPSA) is 15.7 Å². The molecule has 104 valence electrons. The Morgan fingerprint density at radius 2 is 1.89 bits per heavy atom. The third-order valence-corrected chi connectivity index (χ3v) is 3.89. The van der Waals surface area contributed by atoms with Crippen LogP contribution in [0.4, 0.5) is 0 Å². The lowest BCUT2D eigenvalue weighted by Gasteiger charge is -2.35. The van der Waals surface area contributed by atoms with Gasteiger partial charge in [-0.05, 0) is 26.8 Å². The first kappa shape index (κ1) is 14.2. The number of ether oxygens (including phenoxy) is 1. The molecular formula is C15H21ClN2O. The Bertz CT molecular complexity index is 467. The van der Waals surface area contributed by atoms with Crippen molar-refractivity contribution in [2.75, 3.05) is 26.3 Å². The summed E-state index contributed by atoms with van der Waals surface area (Å²) < 4.78 is 5.39. The fourth-order valence-corrected chi connectivity index (χ4v) is 2.31. The van der Waals surface area contributed by atoms with Gasteiger partial charge in [0.2, 0.25) is 0 Å². The summed E-state index contributed by atoms with van der Waals surface area (Å²) in [7, 11) is 0. The molecule has 1 saturated heterocycles. The van der Waals surface area contributed by atoms with Crippen LogP contribution in [0.15, 0.2) is 46.6 Å². The number of hydrogen-bond donors (Lipinski definition) is 0. The van der Waals surface area contributed by atoms with Crippen LogP contribution < -0.4 is 0 Å². The summed E-state index contributed by atoms with van der Waals surface area (Å²) in [6.45, 7) is 13.7. The molecular weight excluding hydrogens is 260 g/mol. The Morgan fingerprint density at radius 1 is 1.26 bits per heavy atom. The summed E-state index contributed by atoms with van der Waals surface area (Å²) in [5.41, 5.74) is 4.38. The van der Waals surface area contributed by atoms with Gasteiger partial charge in [-0.25, -0.2) is 0 Å². The molecule has 0 unspecified atom stereocenters. The Hall–Kier alpha value is -1.19. The number of rotatable bonds is 2. The van der Waals surface area contributed by atoms with Crippen molar-refractivity contribution in [3.05, 3.63) is 46.6 Å². The molecule has 0 atom stereocenters. The number of hydrogen-bond acceptors (Lipinski definition) is 3. The number of allylic oxidation sites excluding steroid dienone is 4. The van der Waals surface area contributed by atoms with Gasteiger partial charge in [-0.15, -0.1) is 0 Å². The molecule has 0 aromatic heterocycles. The average molecular weight is 281 g/mol. The summed E-state index contributed by atoms with van der Waals surface area (Å²) >= 11 is 6.32. The Kier molecular flexibility index (Phi) is 4.38. The second-order valence-electron chi connectivity index (χ2n) is 5.05. The second-order valence-corrected chi connectivity index (χ2v) is 5.45. The highest BCUT2D eigenvalue weighted by Gasteiger charge is 2.21. The van der Waals surface area contributed by atoms with E-state index < -0.39 is 0 Å². The maximum absolute atomic E-state index is 6.32. The fourth-order valence-electron chi connectivity index (χ4n) is 2.11. The largest absolute Gasteiger partial charge is 0.378 e. The standard InChI is InChI=1S/C15H21ClN2O/c1-11(2)12(3)18-10-14(9-15(16)13(18)4)17-5-7-19-8-6-17/h9-10H,4-8H2,1-3H3. The summed E-state index contributed by atoms with van der Waals surface area (Å²) in [5.74, 6) is 0. The Balaban J connectivity index is 2.30. The highest BCUT2D eigenvalue weighted by Crippen LogP contribution is 2.31. The first-order valence-electron chi connectivity index (χ1n) is 6.55. The maximum Gasteiger partial charge on any atom is 0.0661 e. The van der Waals surface area contributed by atoms with Crippen molar-refractivity contribution in [2.45, 2.75) is 20.8 Å². The van der Waals surface area contributed by atoms with Crippen molar-refractivity contribution >= 4 is 11.6 Å². The van der Waals surface area contributed by atoms with Crippen molar-refractivity contribution in [3.8, 4) is 0 Å². The molecule has 0 spiro atoms. The number of morpholine rings is 1. The van der Waals surface area contributed by atoms with Gasteiger partial charge in [0.05, 0.1) is 29.6 Å². The van der Waals surface area contributed by atoms with Crippen LogP contribution in [0.1, 0.15) is 20.8 Å². The first-order valence-corrected chi connectivity index (χ1v) is 6.93. The summed E-state index contributed by atoms with van der Waals surface area (Å²) in [6.07, 6.45) is 4.10. The molecule has 2 heterocycles. The van der Waals surface area contributed by atoms with E-state index in [1.165, 1.54) is 11.3 Å². The molecule has 1 fully saturated rings. The second kappa shape index (κ2) is 5.85. The van der Waals surface area contributed by atoms with Crippen molar-refractivity contribution < 1.29 is 4.74 Å². The predicted molar refractivity (Wildman–Crippen MR) is 79.4 cm³/mol. The third-order valence-electron chi connectivity index (χ3n) is 3.56. The van der Waals surface area contributed by atoms with Crippen LogP contribution in [0.25, 0.3) is 0 Å². The van der Waals surface area contributed by atoms with E-state index in [9.17, 15) is 0 Å². The molecule has 2 rings (SSSR count). The summed E-state index contributed by atoms with van der Waals surface area (Å²) in [6, 6.07) is 0. The highest BCUT2D eigenvalue weighted by atomic mass is 35.5. The van der Waals surface area contributed by atoms with Gasteiger partial charge in [0, 0.05) is 25.0 Å². The van der Waals surface area contributed by atoms with E-state index in [2.05, 4.69) is 43.3 Å². The lowest BCUT2D eigenvalue weighted by atomic mass is 10.1. The van der Waals surface area contributed by atoms with Crippen LogP contribution in [-0.4, -0.2) is 36.1 Å².